The van der Waals surface area contributed by atoms with E-state index in [0.717, 1.165) is 37.5 Å². The first-order valence-electron chi connectivity index (χ1n) is 8.60. The molecule has 114 valence electrons. The van der Waals surface area contributed by atoms with E-state index >= 15 is 0 Å². The van der Waals surface area contributed by atoms with Crippen LogP contribution in [0, 0.1) is 5.92 Å². The third kappa shape index (κ3) is 3.77. The van der Waals surface area contributed by atoms with Crippen LogP contribution in [0.4, 0.5) is 5.82 Å². The highest BCUT2D eigenvalue weighted by Gasteiger charge is 2.19. The van der Waals surface area contributed by atoms with Gasteiger partial charge in [0.25, 0.3) is 0 Å². The van der Waals surface area contributed by atoms with E-state index in [0.29, 0.717) is 0 Å². The second-order valence-electron chi connectivity index (χ2n) is 6.32. The van der Waals surface area contributed by atoms with Gasteiger partial charge in [0, 0.05) is 13.0 Å². The summed E-state index contributed by atoms with van der Waals surface area (Å²) in [5.41, 5.74) is 7.57. The quantitative estimate of drug-likeness (QED) is 0.805. The Morgan fingerprint density at radius 2 is 1.90 bits per heavy atom. The van der Waals surface area contributed by atoms with Crippen LogP contribution in [0.15, 0.2) is 0 Å². The lowest BCUT2D eigenvalue weighted by Gasteiger charge is -2.20. The normalized spacial score (nSPS) is 16.7. The van der Waals surface area contributed by atoms with Crippen molar-refractivity contribution < 1.29 is 0 Å². The Morgan fingerprint density at radius 3 is 2.55 bits per heavy atom. The van der Waals surface area contributed by atoms with Crippen molar-refractivity contribution in [3.05, 3.63) is 11.5 Å². The molecule has 3 heteroatoms. The first kappa shape index (κ1) is 15.4. The van der Waals surface area contributed by atoms with Crippen molar-refractivity contribution in [3.8, 4) is 0 Å². The Kier molecular flexibility index (Phi) is 5.93. The van der Waals surface area contributed by atoms with Gasteiger partial charge in [-0.05, 0) is 25.2 Å². The summed E-state index contributed by atoms with van der Waals surface area (Å²) in [6, 6.07) is 0. The van der Waals surface area contributed by atoms with Crippen LogP contribution < -0.4 is 5.73 Å². The minimum atomic E-state index is 0.815. The lowest BCUT2D eigenvalue weighted by Crippen LogP contribution is -2.11. The average molecular weight is 277 g/mol. The van der Waals surface area contributed by atoms with Crippen LogP contribution in [0.1, 0.15) is 76.7 Å². The maximum absolute atomic E-state index is 6.39. The molecule has 1 aliphatic rings. The molecule has 2 N–H and O–H groups in total. The van der Waals surface area contributed by atoms with Crippen LogP contribution in [-0.2, 0) is 19.4 Å². The zero-order valence-electron chi connectivity index (χ0n) is 13.3. The lowest BCUT2D eigenvalue weighted by atomic mass is 9.86. The zero-order chi connectivity index (χ0) is 14.4. The molecule has 0 bridgehead atoms. The molecule has 1 aromatic rings. The molecular weight excluding hydrogens is 246 g/mol. The molecule has 20 heavy (non-hydrogen) atoms. The number of hydrogen-bond acceptors (Lipinski definition) is 2. The van der Waals surface area contributed by atoms with E-state index in [1.807, 2.05) is 0 Å². The molecular formula is C17H31N3. The predicted octanol–water partition coefficient (Wildman–Crippen LogP) is 4.34. The van der Waals surface area contributed by atoms with Gasteiger partial charge in [-0.15, -0.1) is 0 Å². The minimum Gasteiger partial charge on any atom is -0.384 e. The second kappa shape index (κ2) is 7.70. The molecule has 3 nitrogen and oxygen atoms in total. The molecule has 1 saturated carbocycles. The molecule has 0 radical (unpaired) electrons. The largest absolute Gasteiger partial charge is 0.384 e. The molecule has 1 aromatic heterocycles. The van der Waals surface area contributed by atoms with Crippen LogP contribution in [0.2, 0.25) is 0 Å². The van der Waals surface area contributed by atoms with E-state index in [1.54, 1.807) is 0 Å². The molecule has 0 aliphatic heterocycles. The Labute approximate surface area is 124 Å². The molecule has 0 saturated heterocycles. The molecule has 0 amide bonds. The van der Waals surface area contributed by atoms with Gasteiger partial charge in [-0.25, -0.2) is 4.98 Å². The van der Waals surface area contributed by atoms with Crippen molar-refractivity contribution in [1.82, 2.24) is 9.55 Å². The maximum atomic E-state index is 6.39. The Morgan fingerprint density at radius 1 is 1.15 bits per heavy atom. The second-order valence-corrected chi connectivity index (χ2v) is 6.32. The third-order valence-corrected chi connectivity index (χ3v) is 4.58. The van der Waals surface area contributed by atoms with Crippen LogP contribution in [0.5, 0.6) is 0 Å². The summed E-state index contributed by atoms with van der Waals surface area (Å²) in [4.78, 5) is 4.88. The van der Waals surface area contributed by atoms with Gasteiger partial charge in [0.15, 0.2) is 0 Å². The summed E-state index contributed by atoms with van der Waals surface area (Å²) in [6.45, 7) is 5.49. The van der Waals surface area contributed by atoms with Gasteiger partial charge in [0.1, 0.15) is 11.6 Å². The fraction of sp³-hybridized carbons (Fsp3) is 0.824. The fourth-order valence-corrected chi connectivity index (χ4v) is 3.36. The number of aromatic nitrogens is 2. The number of nitrogen functional groups attached to an aromatic ring is 1. The zero-order valence-corrected chi connectivity index (χ0v) is 13.3. The topological polar surface area (TPSA) is 43.8 Å². The predicted molar refractivity (Wildman–Crippen MR) is 85.8 cm³/mol. The van der Waals surface area contributed by atoms with E-state index < -0.39 is 0 Å². The summed E-state index contributed by atoms with van der Waals surface area (Å²) >= 11 is 0. The number of rotatable bonds is 7. The Bertz CT molecular complexity index is 403. The summed E-state index contributed by atoms with van der Waals surface area (Å²) in [7, 11) is 0. The van der Waals surface area contributed by atoms with E-state index in [9.17, 15) is 0 Å². The van der Waals surface area contributed by atoms with Gasteiger partial charge in [-0.3, -0.25) is 0 Å². The molecule has 1 aliphatic carbocycles. The molecule has 1 fully saturated rings. The van der Waals surface area contributed by atoms with Crippen molar-refractivity contribution >= 4 is 5.82 Å². The lowest BCUT2D eigenvalue weighted by molar-refractivity contribution is 0.355. The summed E-state index contributed by atoms with van der Waals surface area (Å²) in [5, 5.41) is 0. The number of hydrogen-bond donors (Lipinski definition) is 1. The highest BCUT2D eigenvalue weighted by atomic mass is 15.1. The van der Waals surface area contributed by atoms with E-state index in [2.05, 4.69) is 18.4 Å². The van der Waals surface area contributed by atoms with Gasteiger partial charge in [0.05, 0.1) is 5.69 Å². The number of imidazole rings is 1. The van der Waals surface area contributed by atoms with Gasteiger partial charge < -0.3 is 10.3 Å². The number of aryl methyl sites for hydroxylation is 1. The summed E-state index contributed by atoms with van der Waals surface area (Å²) < 4.78 is 2.28. The van der Waals surface area contributed by atoms with Gasteiger partial charge in [0.2, 0.25) is 0 Å². The van der Waals surface area contributed by atoms with Crippen LogP contribution in [0.25, 0.3) is 0 Å². The van der Waals surface area contributed by atoms with Gasteiger partial charge in [-0.1, -0.05) is 52.4 Å². The van der Waals surface area contributed by atoms with Crippen molar-refractivity contribution in [3.63, 3.8) is 0 Å². The number of anilines is 1. The molecule has 0 atom stereocenters. The van der Waals surface area contributed by atoms with Crippen molar-refractivity contribution in [1.29, 1.82) is 0 Å². The Balaban J connectivity index is 2.10. The first-order chi connectivity index (χ1) is 9.76. The molecule has 0 spiro atoms. The van der Waals surface area contributed by atoms with E-state index in [-0.39, 0.29) is 0 Å². The number of unbranched alkanes of at least 4 members (excludes halogenated alkanes) is 1. The fourth-order valence-electron chi connectivity index (χ4n) is 3.36. The first-order valence-corrected chi connectivity index (χ1v) is 8.60. The monoisotopic (exact) mass is 277 g/mol. The third-order valence-electron chi connectivity index (χ3n) is 4.58. The van der Waals surface area contributed by atoms with Gasteiger partial charge >= 0.3 is 0 Å². The number of nitrogens with two attached hydrogens (primary N) is 1. The van der Waals surface area contributed by atoms with Crippen molar-refractivity contribution in [2.75, 3.05) is 5.73 Å². The molecule has 1 heterocycles. The van der Waals surface area contributed by atoms with Crippen LogP contribution in [-0.4, -0.2) is 9.55 Å². The smallest absolute Gasteiger partial charge is 0.126 e. The molecule has 0 unspecified atom stereocenters. The van der Waals surface area contributed by atoms with E-state index in [1.165, 1.54) is 56.5 Å². The van der Waals surface area contributed by atoms with Crippen molar-refractivity contribution in [2.24, 2.45) is 5.92 Å². The van der Waals surface area contributed by atoms with Gasteiger partial charge in [-0.2, -0.15) is 0 Å². The number of nitrogens with zero attached hydrogens (tertiary/aromatic N) is 2. The van der Waals surface area contributed by atoms with Crippen LogP contribution in [0.3, 0.4) is 0 Å². The highest BCUT2D eigenvalue weighted by molar-refractivity contribution is 5.38. The average Bonchev–Trinajstić information content (AvgIpc) is 2.74. The van der Waals surface area contributed by atoms with E-state index in [4.69, 9.17) is 10.7 Å². The van der Waals surface area contributed by atoms with Crippen LogP contribution >= 0.6 is 0 Å². The highest BCUT2D eigenvalue weighted by Crippen LogP contribution is 2.29. The SMILES string of the molecule is CCCCn1c(CCC)nc(CC2CCCCC2)c1N. The summed E-state index contributed by atoms with van der Waals surface area (Å²) in [5.74, 6) is 2.98. The Hall–Kier alpha value is -0.990. The van der Waals surface area contributed by atoms with Crippen molar-refractivity contribution in [2.45, 2.75) is 84.6 Å². The molecule has 2 rings (SSSR count). The molecule has 0 aromatic carbocycles. The summed E-state index contributed by atoms with van der Waals surface area (Å²) in [6.07, 6.45) is 12.6. The minimum absolute atomic E-state index is 0.815. The standard InChI is InChI=1S/C17H31N3/c1-3-5-12-20-16(9-4-2)19-15(17(20)18)13-14-10-7-6-8-11-14/h14H,3-13,18H2,1-2H3. The maximum Gasteiger partial charge on any atom is 0.126 e.